The molecule has 0 aromatic carbocycles. The molecule has 0 spiro atoms. The Kier molecular flexibility index (Phi) is 35.2. The van der Waals surface area contributed by atoms with Crippen LogP contribution < -0.4 is 26.6 Å². The molecular weight excluding hydrogens is 1230 g/mol. The highest BCUT2D eigenvalue weighted by Gasteiger charge is 2.47. The fourth-order valence-electron chi connectivity index (χ4n) is 12.2. The third-order valence-corrected chi connectivity index (χ3v) is 18.2. The predicted octanol–water partition coefficient (Wildman–Crippen LogP) is 5.56. The smallest absolute Gasteiger partial charge is 0.253 e. The molecule has 1 saturated heterocycles. The maximum atomic E-state index is 15.1. The molecule has 12 atom stereocenters. The molecular formula is C71H124N12O13. The van der Waals surface area contributed by atoms with Crippen molar-refractivity contribution in [3.8, 4) is 0 Å². The van der Waals surface area contributed by atoms with Crippen molar-refractivity contribution in [2.24, 2.45) is 53.1 Å². The first-order valence-electron chi connectivity index (χ1n) is 34.6. The number of hydrogen-bond donors (Lipinski definition) is 5. The number of amides is 7. The van der Waals surface area contributed by atoms with Crippen molar-refractivity contribution in [3.05, 3.63) is 30.0 Å². The zero-order valence-corrected chi connectivity index (χ0v) is 62.5. The van der Waals surface area contributed by atoms with Crippen molar-refractivity contribution in [2.45, 2.75) is 229 Å². The summed E-state index contributed by atoms with van der Waals surface area (Å²) in [4.78, 5) is 156. The number of morpholine rings is 1. The molecule has 0 bridgehead atoms. The largest absolute Gasteiger partial charge is 0.391 e. The maximum Gasteiger partial charge on any atom is 0.253 e. The Morgan fingerprint density at radius 3 is 1.80 bits per heavy atom. The van der Waals surface area contributed by atoms with Crippen molar-refractivity contribution in [2.75, 3.05) is 80.0 Å². The Balaban J connectivity index is 2.62. The van der Waals surface area contributed by atoms with Gasteiger partial charge < -0.3 is 59.9 Å². The van der Waals surface area contributed by atoms with Gasteiger partial charge in [-0.15, -0.1) is 0 Å². The van der Waals surface area contributed by atoms with Crippen LogP contribution in [0.2, 0.25) is 0 Å². The van der Waals surface area contributed by atoms with E-state index in [1.54, 1.807) is 20.9 Å². The van der Waals surface area contributed by atoms with E-state index in [1.807, 2.05) is 120 Å². The molecule has 96 heavy (non-hydrogen) atoms. The summed E-state index contributed by atoms with van der Waals surface area (Å²) in [5.74, 6) is -5.36. The lowest BCUT2D eigenvalue weighted by Crippen LogP contribution is -2.68. The number of aromatic nitrogens is 1. The lowest BCUT2D eigenvalue weighted by atomic mass is 9.84. The number of hydrogen-bond acceptors (Lipinski definition) is 18. The summed E-state index contributed by atoms with van der Waals surface area (Å²) in [6.45, 7) is 32.8. The zero-order valence-electron chi connectivity index (χ0n) is 62.5. The average Bonchev–Trinajstić information content (AvgIpc) is 0.812. The summed E-state index contributed by atoms with van der Waals surface area (Å²) in [5, 5.41) is 20.6. The van der Waals surface area contributed by atoms with E-state index in [4.69, 9.17) is 20.2 Å². The minimum Gasteiger partial charge on any atom is -0.391 e. The van der Waals surface area contributed by atoms with Crippen LogP contribution in [0.4, 0.5) is 5.82 Å². The highest BCUT2D eigenvalue weighted by molar-refractivity contribution is 5.96. The van der Waals surface area contributed by atoms with Gasteiger partial charge in [-0.1, -0.05) is 122 Å². The van der Waals surface area contributed by atoms with Crippen LogP contribution in [0.15, 0.2) is 24.3 Å². The summed E-state index contributed by atoms with van der Waals surface area (Å²) in [6, 6.07) is 0.796. The van der Waals surface area contributed by atoms with Gasteiger partial charge in [-0.2, -0.15) is 0 Å². The molecule has 7 amide bonds. The Morgan fingerprint density at radius 2 is 1.30 bits per heavy atom. The molecule has 6 N–H and O–H groups in total. The van der Waals surface area contributed by atoms with Crippen molar-refractivity contribution >= 4 is 72.1 Å². The molecule has 0 saturated carbocycles. The number of aldehydes is 3. The first kappa shape index (κ1) is 85.8. The van der Waals surface area contributed by atoms with Gasteiger partial charge in [0.15, 0.2) is 30.2 Å². The van der Waals surface area contributed by atoms with E-state index >= 15 is 9.59 Å². The van der Waals surface area contributed by atoms with Crippen LogP contribution in [-0.2, 0) is 57.4 Å². The SMILES string of the molecule is CCCC(NC(C)(C=O)OC(C(=O)N(C)C(N)(C=O)CC(C)C)C(C)C)N(C)C(=O)C(CC(C)C)NC(C=O)(CC(C)C)N(C)C(=O)CN(C)C(=O)C(NC(=O)C(C(C)C(C)CC=Cc1cccc(N2CCOCC2)n1)N(C)C(=O)C(C(C)C)N(C)C(=O)CCC(C)C)C(C)O. The van der Waals surface area contributed by atoms with E-state index < -0.39 is 113 Å². The van der Waals surface area contributed by atoms with Crippen LogP contribution >= 0.6 is 0 Å². The van der Waals surface area contributed by atoms with Crippen LogP contribution in [-0.4, -0.2) is 234 Å². The monoisotopic (exact) mass is 1350 g/mol. The van der Waals surface area contributed by atoms with Gasteiger partial charge in [-0.3, -0.25) is 58.6 Å². The van der Waals surface area contributed by atoms with E-state index in [-0.39, 0.29) is 67.1 Å². The van der Waals surface area contributed by atoms with Crippen LogP contribution in [0.25, 0.3) is 6.08 Å². The number of nitrogens with zero attached hydrogens (tertiary/aromatic N) is 8. The van der Waals surface area contributed by atoms with Gasteiger partial charge in [-0.25, -0.2) is 4.98 Å². The number of anilines is 1. The topological polar surface area (TPSA) is 307 Å². The second-order valence-corrected chi connectivity index (χ2v) is 29.4. The average molecular weight is 1350 g/mol. The van der Waals surface area contributed by atoms with E-state index in [0.717, 1.165) is 39.3 Å². The number of pyridine rings is 1. The number of nitrogens with two attached hydrogens (primary N) is 1. The number of aliphatic hydroxyl groups excluding tert-OH is 1. The predicted molar refractivity (Wildman–Crippen MR) is 374 cm³/mol. The Morgan fingerprint density at radius 1 is 0.698 bits per heavy atom. The van der Waals surface area contributed by atoms with Crippen molar-refractivity contribution < 1.29 is 62.5 Å². The first-order chi connectivity index (χ1) is 44.6. The molecule has 1 aliphatic heterocycles. The molecule has 25 heteroatoms. The van der Waals surface area contributed by atoms with Crippen molar-refractivity contribution in [1.82, 2.24) is 50.3 Å². The van der Waals surface area contributed by atoms with Crippen molar-refractivity contribution in [1.29, 1.82) is 0 Å². The summed E-state index contributed by atoms with van der Waals surface area (Å²) in [7, 11) is 8.75. The van der Waals surface area contributed by atoms with Gasteiger partial charge in [0.05, 0.1) is 43.8 Å². The standard InChI is InChI=1S/C71H124N12O13/c1-24-27-57(76-69(17,42-84)96-63(50(12)13)68(94)82(23)70(72,43-85)39-47(6)7)78(19)65(91)55(38-46(4)5)75-71(44-86,40-48(8)9)81(22)59(89)41-77(18)66(92)60(53(16)87)74-64(90)62(80(21)67(93)61(49(10)11)79(20)58(88)33-32-45(2)3)52(15)51(14)28-25-29-54-30-26-31-56(73-54)83-34-36-95-37-35-83/h25-26,29-31,42-53,55,57,60-63,75-76,87H,24,27-28,32-41,72H2,1-23H3,(H,74,90). The van der Waals surface area contributed by atoms with Crippen LogP contribution in [0, 0.1) is 47.3 Å². The minimum absolute atomic E-state index is 0.00501. The number of ether oxygens (including phenoxy) is 2. The summed E-state index contributed by atoms with van der Waals surface area (Å²) < 4.78 is 11.9. The van der Waals surface area contributed by atoms with E-state index in [0.29, 0.717) is 57.8 Å². The van der Waals surface area contributed by atoms with Gasteiger partial charge in [-0.05, 0) is 118 Å². The summed E-state index contributed by atoms with van der Waals surface area (Å²) >= 11 is 0. The third kappa shape index (κ3) is 24.6. The molecule has 25 nitrogen and oxygen atoms in total. The number of carbonyl (C=O) groups is 10. The molecule has 1 fully saturated rings. The highest BCUT2D eigenvalue weighted by atomic mass is 16.5. The first-order valence-corrected chi connectivity index (χ1v) is 34.6. The molecule has 12 unspecified atom stereocenters. The quantitative estimate of drug-likeness (QED) is 0.0395. The summed E-state index contributed by atoms with van der Waals surface area (Å²) in [5.41, 5.74) is 1.81. The van der Waals surface area contributed by atoms with E-state index in [2.05, 4.69) is 20.9 Å². The Hall–Kier alpha value is -6.25. The molecule has 2 heterocycles. The number of nitrogens with one attached hydrogen (secondary N) is 3. The van der Waals surface area contributed by atoms with Gasteiger partial charge in [0.25, 0.3) is 5.91 Å². The summed E-state index contributed by atoms with van der Waals surface area (Å²) in [6.07, 6.45) is 4.17. The lowest BCUT2D eigenvalue weighted by molar-refractivity contribution is -0.176. The molecule has 0 aliphatic carbocycles. The third-order valence-electron chi connectivity index (χ3n) is 18.2. The Bertz CT molecular complexity index is 2720. The second-order valence-electron chi connectivity index (χ2n) is 29.4. The van der Waals surface area contributed by atoms with Gasteiger partial charge >= 0.3 is 0 Å². The van der Waals surface area contributed by atoms with Crippen LogP contribution in [0.1, 0.15) is 175 Å². The molecule has 1 aromatic heterocycles. The molecule has 1 aliphatic rings. The molecule has 2 rings (SSSR count). The number of likely N-dealkylation sites (N-methyl/N-ethyl adjacent to an activating group) is 6. The van der Waals surface area contributed by atoms with Gasteiger partial charge in [0.1, 0.15) is 35.7 Å². The van der Waals surface area contributed by atoms with Crippen LogP contribution in [0.3, 0.4) is 0 Å². The number of aliphatic hydroxyl groups is 1. The number of carbonyl (C=O) groups excluding carboxylic acids is 10. The van der Waals surface area contributed by atoms with Gasteiger partial charge in [0.2, 0.25) is 35.4 Å². The highest BCUT2D eigenvalue weighted by Crippen LogP contribution is 2.29. The fraction of sp³-hybridized carbons (Fsp3) is 0.761. The minimum atomic E-state index is -1.88. The van der Waals surface area contributed by atoms with Crippen molar-refractivity contribution in [3.63, 3.8) is 0 Å². The van der Waals surface area contributed by atoms with E-state index in [1.165, 1.54) is 63.8 Å². The second kappa shape index (κ2) is 39.4. The Labute approximate surface area is 574 Å². The molecule has 546 valence electrons. The number of rotatable bonds is 42. The van der Waals surface area contributed by atoms with E-state index in [9.17, 15) is 43.5 Å². The fourth-order valence-corrected chi connectivity index (χ4v) is 12.2. The maximum absolute atomic E-state index is 15.1. The number of allylic oxidation sites excluding steroid dienone is 1. The lowest BCUT2D eigenvalue weighted by Gasteiger charge is -2.44. The normalized spacial score (nSPS) is 17.7. The zero-order chi connectivity index (χ0) is 73.5. The van der Waals surface area contributed by atoms with Crippen LogP contribution in [0.5, 0.6) is 0 Å². The molecule has 0 radical (unpaired) electrons. The molecule has 1 aromatic rings. The van der Waals surface area contributed by atoms with Gasteiger partial charge in [0, 0.05) is 61.8 Å².